The highest BCUT2D eigenvalue weighted by Gasteiger charge is 2.25. The van der Waals surface area contributed by atoms with E-state index in [1.165, 1.54) is 6.92 Å². The molecule has 0 aromatic heterocycles. The Labute approximate surface area is 102 Å². The molecule has 0 aromatic rings. The van der Waals surface area contributed by atoms with Crippen molar-refractivity contribution in [2.75, 3.05) is 13.2 Å². The van der Waals surface area contributed by atoms with E-state index < -0.39 is 24.1 Å². The van der Waals surface area contributed by atoms with Gasteiger partial charge in [-0.05, 0) is 20.3 Å². The van der Waals surface area contributed by atoms with Gasteiger partial charge in [0, 0.05) is 6.54 Å². The van der Waals surface area contributed by atoms with Crippen molar-refractivity contribution in [2.45, 2.75) is 45.8 Å². The molecule has 0 aliphatic heterocycles. The number of rotatable bonds is 7. The number of nitrogens with one attached hydrogen (secondary N) is 2. The van der Waals surface area contributed by atoms with Gasteiger partial charge in [0.25, 0.3) is 0 Å². The minimum Gasteiger partial charge on any atom is -0.450 e. The maximum absolute atomic E-state index is 11.5. The number of alkyl carbamates (subject to hydrolysis) is 1. The van der Waals surface area contributed by atoms with Gasteiger partial charge in [-0.25, -0.2) is 4.79 Å². The number of carbonyl (C=O) groups is 2. The summed E-state index contributed by atoms with van der Waals surface area (Å²) in [5.74, 6) is -0.421. The molecule has 2 amide bonds. The lowest BCUT2D eigenvalue weighted by molar-refractivity contribution is -0.125. The highest BCUT2D eigenvalue weighted by atomic mass is 16.5. The fourth-order valence-electron chi connectivity index (χ4n) is 1.17. The lowest BCUT2D eigenvalue weighted by Crippen LogP contribution is -2.52. The molecule has 17 heavy (non-hydrogen) atoms. The first-order valence-electron chi connectivity index (χ1n) is 5.92. The van der Waals surface area contributed by atoms with Crippen LogP contribution in [-0.2, 0) is 9.53 Å². The molecule has 0 bridgehead atoms. The van der Waals surface area contributed by atoms with Crippen LogP contribution < -0.4 is 10.6 Å². The smallest absolute Gasteiger partial charge is 0.407 e. The Kier molecular flexibility index (Phi) is 8.13. The summed E-state index contributed by atoms with van der Waals surface area (Å²) >= 11 is 0. The number of carbonyl (C=O) groups excluding carboxylic acids is 2. The van der Waals surface area contributed by atoms with Gasteiger partial charge in [0.1, 0.15) is 6.04 Å². The minimum atomic E-state index is -0.982. The molecule has 0 radical (unpaired) electrons. The van der Waals surface area contributed by atoms with Crippen LogP contribution in [0, 0.1) is 0 Å². The van der Waals surface area contributed by atoms with Crippen molar-refractivity contribution in [3.63, 3.8) is 0 Å². The Bertz CT molecular complexity index is 244. The predicted molar refractivity (Wildman–Crippen MR) is 63.5 cm³/mol. The average Bonchev–Trinajstić information content (AvgIpc) is 2.26. The number of unbranched alkanes of at least 4 members (excludes halogenated alkanes) is 1. The van der Waals surface area contributed by atoms with Crippen LogP contribution in [0.15, 0.2) is 0 Å². The molecule has 0 saturated carbocycles. The van der Waals surface area contributed by atoms with Gasteiger partial charge in [0.15, 0.2) is 0 Å². The Morgan fingerprint density at radius 1 is 1.35 bits per heavy atom. The SMILES string of the molecule is CCCCOC(=O)N[C@H](C(=O)NCC)[C@@H](C)O. The normalized spacial score (nSPS) is 13.6. The second-order valence-electron chi connectivity index (χ2n) is 3.75. The summed E-state index contributed by atoms with van der Waals surface area (Å²) < 4.78 is 4.85. The van der Waals surface area contributed by atoms with E-state index in [1.54, 1.807) is 6.92 Å². The maximum Gasteiger partial charge on any atom is 0.407 e. The molecule has 0 rings (SSSR count). The monoisotopic (exact) mass is 246 g/mol. The molecule has 3 N–H and O–H groups in total. The molecule has 100 valence electrons. The molecule has 0 aliphatic rings. The largest absolute Gasteiger partial charge is 0.450 e. The summed E-state index contributed by atoms with van der Waals surface area (Å²) in [5, 5.41) is 14.3. The Morgan fingerprint density at radius 3 is 2.47 bits per heavy atom. The van der Waals surface area contributed by atoms with Crippen molar-refractivity contribution in [1.82, 2.24) is 10.6 Å². The molecule has 6 heteroatoms. The van der Waals surface area contributed by atoms with Crippen LogP contribution >= 0.6 is 0 Å². The van der Waals surface area contributed by atoms with Gasteiger partial charge in [-0.15, -0.1) is 0 Å². The molecule has 0 aromatic carbocycles. The van der Waals surface area contributed by atoms with E-state index in [-0.39, 0.29) is 0 Å². The van der Waals surface area contributed by atoms with Crippen molar-refractivity contribution < 1.29 is 19.4 Å². The summed E-state index contributed by atoms with van der Waals surface area (Å²) in [7, 11) is 0. The van der Waals surface area contributed by atoms with E-state index in [9.17, 15) is 14.7 Å². The van der Waals surface area contributed by atoms with Crippen molar-refractivity contribution in [2.24, 2.45) is 0 Å². The Balaban J connectivity index is 4.15. The van der Waals surface area contributed by atoms with E-state index in [0.717, 1.165) is 12.8 Å². The third-order valence-electron chi connectivity index (χ3n) is 2.12. The zero-order valence-corrected chi connectivity index (χ0v) is 10.7. The third-order valence-corrected chi connectivity index (χ3v) is 2.12. The first-order chi connectivity index (χ1) is 8.02. The summed E-state index contributed by atoms with van der Waals surface area (Å²) in [6, 6.07) is -0.982. The van der Waals surface area contributed by atoms with E-state index in [1.807, 2.05) is 6.92 Å². The van der Waals surface area contributed by atoms with E-state index >= 15 is 0 Å². The second-order valence-corrected chi connectivity index (χ2v) is 3.75. The van der Waals surface area contributed by atoms with Crippen LogP contribution in [0.3, 0.4) is 0 Å². The van der Waals surface area contributed by atoms with Gasteiger partial charge in [0.2, 0.25) is 5.91 Å². The summed E-state index contributed by atoms with van der Waals surface area (Å²) in [4.78, 5) is 22.8. The number of aliphatic hydroxyl groups excluding tert-OH is 1. The van der Waals surface area contributed by atoms with Gasteiger partial charge in [0.05, 0.1) is 12.7 Å². The Morgan fingerprint density at radius 2 is 2.00 bits per heavy atom. The van der Waals surface area contributed by atoms with E-state index in [2.05, 4.69) is 10.6 Å². The summed E-state index contributed by atoms with van der Waals surface area (Å²) in [6.07, 6.45) is 0.0352. The summed E-state index contributed by atoms with van der Waals surface area (Å²) in [5.41, 5.74) is 0. The molecule has 0 saturated heterocycles. The van der Waals surface area contributed by atoms with Crippen LogP contribution in [-0.4, -0.2) is 42.4 Å². The van der Waals surface area contributed by atoms with Gasteiger partial charge in [-0.3, -0.25) is 4.79 Å². The second kappa shape index (κ2) is 8.81. The highest BCUT2D eigenvalue weighted by molar-refractivity contribution is 5.86. The summed E-state index contributed by atoms with van der Waals surface area (Å²) in [6.45, 7) is 5.93. The minimum absolute atomic E-state index is 0.310. The number of ether oxygens (including phenoxy) is 1. The first kappa shape index (κ1) is 15.7. The van der Waals surface area contributed by atoms with Crippen LogP contribution in [0.25, 0.3) is 0 Å². The molecule has 2 atom stereocenters. The van der Waals surface area contributed by atoms with Crippen LogP contribution in [0.1, 0.15) is 33.6 Å². The van der Waals surface area contributed by atoms with Crippen LogP contribution in [0.4, 0.5) is 4.79 Å². The fourth-order valence-corrected chi connectivity index (χ4v) is 1.17. The zero-order valence-electron chi connectivity index (χ0n) is 10.7. The van der Waals surface area contributed by atoms with Gasteiger partial charge < -0.3 is 20.5 Å². The number of aliphatic hydroxyl groups is 1. The quantitative estimate of drug-likeness (QED) is 0.567. The van der Waals surface area contributed by atoms with Gasteiger partial charge >= 0.3 is 6.09 Å². The zero-order chi connectivity index (χ0) is 13.3. The molecule has 0 aliphatic carbocycles. The fraction of sp³-hybridized carbons (Fsp3) is 0.818. The van der Waals surface area contributed by atoms with Crippen LogP contribution in [0.5, 0.6) is 0 Å². The molecule has 0 fully saturated rings. The van der Waals surface area contributed by atoms with Crippen molar-refractivity contribution in [1.29, 1.82) is 0 Å². The first-order valence-corrected chi connectivity index (χ1v) is 5.92. The molecular weight excluding hydrogens is 224 g/mol. The number of hydrogen-bond acceptors (Lipinski definition) is 4. The van der Waals surface area contributed by atoms with Crippen molar-refractivity contribution in [3.8, 4) is 0 Å². The molecule has 0 spiro atoms. The Hall–Kier alpha value is -1.30. The number of amides is 2. The van der Waals surface area contributed by atoms with Crippen LogP contribution in [0.2, 0.25) is 0 Å². The average molecular weight is 246 g/mol. The highest BCUT2D eigenvalue weighted by Crippen LogP contribution is 1.95. The molecule has 0 heterocycles. The van der Waals surface area contributed by atoms with Crippen molar-refractivity contribution in [3.05, 3.63) is 0 Å². The molecular formula is C11H22N2O4. The lowest BCUT2D eigenvalue weighted by Gasteiger charge is -2.20. The van der Waals surface area contributed by atoms with E-state index in [0.29, 0.717) is 13.2 Å². The maximum atomic E-state index is 11.5. The molecule has 0 unspecified atom stereocenters. The third kappa shape index (κ3) is 6.78. The topological polar surface area (TPSA) is 87.7 Å². The van der Waals surface area contributed by atoms with Gasteiger partial charge in [-0.1, -0.05) is 13.3 Å². The lowest BCUT2D eigenvalue weighted by atomic mass is 10.1. The standard InChI is InChI=1S/C11H22N2O4/c1-4-6-7-17-11(16)13-9(8(3)14)10(15)12-5-2/h8-9,14H,4-7H2,1-3H3,(H,12,15)(H,13,16)/t8-,9+/m1/s1. The number of likely N-dealkylation sites (N-methyl/N-ethyl adjacent to an activating group) is 1. The number of hydrogen-bond donors (Lipinski definition) is 3. The molecule has 6 nitrogen and oxygen atoms in total. The predicted octanol–water partition coefficient (Wildman–Crippen LogP) is 0.398. The van der Waals surface area contributed by atoms with E-state index in [4.69, 9.17) is 4.74 Å². The van der Waals surface area contributed by atoms with Gasteiger partial charge in [-0.2, -0.15) is 0 Å². The van der Waals surface area contributed by atoms with Crippen molar-refractivity contribution >= 4 is 12.0 Å².